The summed E-state index contributed by atoms with van der Waals surface area (Å²) in [7, 11) is 1.52. The Morgan fingerprint density at radius 2 is 2.29 bits per heavy atom. The maximum Gasteiger partial charge on any atom is 0.256 e. The van der Waals surface area contributed by atoms with Gasteiger partial charge in [-0.15, -0.1) is 0 Å². The number of aliphatic imine (C=N–C) groups is 1. The number of ether oxygens (including phenoxy) is 1. The van der Waals surface area contributed by atoms with E-state index in [1.807, 2.05) is 30.3 Å². The molecule has 144 valence electrons. The number of nitrogens with zero attached hydrogens (tertiary/aromatic N) is 3. The molecule has 7 nitrogen and oxygen atoms in total. The molecule has 1 aliphatic heterocycles. The topological polar surface area (TPSA) is 82.6 Å². The van der Waals surface area contributed by atoms with Gasteiger partial charge in [-0.25, -0.2) is 0 Å². The summed E-state index contributed by atoms with van der Waals surface area (Å²) in [5.74, 6) is 0.537. The number of rotatable bonds is 6. The first-order valence-electron chi connectivity index (χ1n) is 8.50. The molecule has 0 aliphatic carbocycles. The molecule has 0 bridgehead atoms. The fourth-order valence-corrected chi connectivity index (χ4v) is 2.81. The Morgan fingerprint density at radius 3 is 2.93 bits per heavy atom. The molecule has 0 spiro atoms. The van der Waals surface area contributed by atoms with Crippen molar-refractivity contribution in [2.24, 2.45) is 4.99 Å². The third-order valence-electron chi connectivity index (χ3n) is 4.12. The lowest BCUT2D eigenvalue weighted by Crippen LogP contribution is -2.13. The zero-order valence-corrected chi connectivity index (χ0v) is 16.3. The molecule has 1 aliphatic rings. The molecule has 2 heterocycles. The number of halogens is 1. The molecule has 1 aromatic heterocycles. The van der Waals surface area contributed by atoms with E-state index in [1.165, 1.54) is 18.7 Å². The van der Waals surface area contributed by atoms with Crippen LogP contribution in [0.15, 0.2) is 59.4 Å². The Kier molecular flexibility index (Phi) is 5.96. The van der Waals surface area contributed by atoms with Crippen molar-refractivity contribution >= 4 is 35.7 Å². The Hall–Kier alpha value is -3.32. The van der Waals surface area contributed by atoms with Gasteiger partial charge in [0.1, 0.15) is 11.4 Å². The van der Waals surface area contributed by atoms with E-state index in [0.717, 1.165) is 6.54 Å². The van der Waals surface area contributed by atoms with Crippen molar-refractivity contribution in [3.8, 4) is 5.75 Å². The van der Waals surface area contributed by atoms with Crippen LogP contribution in [0, 0.1) is 0 Å². The fraction of sp³-hybridized carbons (Fsp3) is 0.150. The number of nitrogens with one attached hydrogen (secondary N) is 2. The highest BCUT2D eigenvalue weighted by atomic mass is 35.5. The molecule has 0 saturated carbocycles. The number of hydrogen-bond donors (Lipinski definition) is 2. The molecular weight excluding hydrogens is 378 g/mol. The van der Waals surface area contributed by atoms with Crippen molar-refractivity contribution in [3.63, 3.8) is 0 Å². The van der Waals surface area contributed by atoms with Gasteiger partial charge in [0, 0.05) is 30.6 Å². The quantitative estimate of drug-likeness (QED) is 0.719. The predicted molar refractivity (Wildman–Crippen MR) is 112 cm³/mol. The second-order valence-electron chi connectivity index (χ2n) is 6.10. The van der Waals surface area contributed by atoms with Crippen LogP contribution in [0.4, 0.5) is 5.82 Å². The zero-order chi connectivity index (χ0) is 20.1. The zero-order valence-electron chi connectivity index (χ0n) is 15.6. The molecule has 2 N–H and O–H groups in total. The number of carbonyl (C=O) groups is 1. The third-order valence-corrected chi connectivity index (χ3v) is 4.42. The van der Waals surface area contributed by atoms with Crippen LogP contribution in [0.3, 0.4) is 0 Å². The molecule has 0 saturated heterocycles. The van der Waals surface area contributed by atoms with E-state index >= 15 is 0 Å². The number of allylic oxidation sites excluding steroid dienone is 2. The SMILES string of the molecule is C=N/C(=C\N1C=CC(C)=CC1)c1cc(NC(=O)c2ccc(OC)c(Cl)c2)n[nH]1. The van der Waals surface area contributed by atoms with Gasteiger partial charge in [-0.3, -0.25) is 14.9 Å². The Bertz CT molecular complexity index is 990. The monoisotopic (exact) mass is 397 g/mol. The Balaban J connectivity index is 1.72. The lowest BCUT2D eigenvalue weighted by atomic mass is 10.2. The molecule has 3 rings (SSSR count). The van der Waals surface area contributed by atoms with Crippen LogP contribution >= 0.6 is 11.6 Å². The highest BCUT2D eigenvalue weighted by Crippen LogP contribution is 2.25. The van der Waals surface area contributed by atoms with Crippen molar-refractivity contribution in [2.75, 3.05) is 19.0 Å². The van der Waals surface area contributed by atoms with Gasteiger partial charge in [0.2, 0.25) is 0 Å². The summed E-state index contributed by atoms with van der Waals surface area (Å²) < 4.78 is 5.09. The summed E-state index contributed by atoms with van der Waals surface area (Å²) in [6, 6.07) is 6.50. The van der Waals surface area contributed by atoms with Crippen molar-refractivity contribution in [1.29, 1.82) is 0 Å². The number of anilines is 1. The van der Waals surface area contributed by atoms with E-state index in [-0.39, 0.29) is 5.91 Å². The van der Waals surface area contributed by atoms with Gasteiger partial charge in [-0.1, -0.05) is 23.3 Å². The molecule has 8 heteroatoms. The lowest BCUT2D eigenvalue weighted by molar-refractivity contribution is 0.102. The number of methoxy groups -OCH3 is 1. The number of aromatic nitrogens is 2. The fourth-order valence-electron chi connectivity index (χ4n) is 2.55. The van der Waals surface area contributed by atoms with Crippen LogP contribution in [0.5, 0.6) is 5.75 Å². The predicted octanol–water partition coefficient (Wildman–Crippen LogP) is 4.10. The maximum atomic E-state index is 12.4. The second-order valence-corrected chi connectivity index (χ2v) is 6.51. The van der Waals surface area contributed by atoms with Crippen molar-refractivity contribution in [3.05, 3.63) is 70.7 Å². The van der Waals surface area contributed by atoms with Crippen LogP contribution in [-0.4, -0.2) is 41.4 Å². The number of aromatic amines is 1. The summed E-state index contributed by atoms with van der Waals surface area (Å²) in [5, 5.41) is 10.1. The first kappa shape index (κ1) is 19.4. The number of H-pyrrole nitrogens is 1. The van der Waals surface area contributed by atoms with Crippen LogP contribution in [0.1, 0.15) is 23.0 Å². The molecule has 28 heavy (non-hydrogen) atoms. The molecule has 0 radical (unpaired) electrons. The van der Waals surface area contributed by atoms with Crippen LogP contribution < -0.4 is 10.1 Å². The summed E-state index contributed by atoms with van der Waals surface area (Å²) in [6.45, 7) is 6.41. The van der Waals surface area contributed by atoms with Gasteiger partial charge in [-0.05, 0) is 37.9 Å². The van der Waals surface area contributed by atoms with Crippen LogP contribution in [0.2, 0.25) is 5.02 Å². The highest BCUT2D eigenvalue weighted by molar-refractivity contribution is 6.32. The maximum absolute atomic E-state index is 12.4. The Labute approximate surface area is 168 Å². The minimum atomic E-state index is -0.334. The van der Waals surface area contributed by atoms with E-state index in [9.17, 15) is 4.79 Å². The molecule has 1 amide bonds. The van der Waals surface area contributed by atoms with E-state index in [1.54, 1.807) is 18.2 Å². The second kappa shape index (κ2) is 8.58. The van der Waals surface area contributed by atoms with E-state index < -0.39 is 0 Å². The van der Waals surface area contributed by atoms with Gasteiger partial charge in [-0.2, -0.15) is 5.10 Å². The van der Waals surface area contributed by atoms with Gasteiger partial charge >= 0.3 is 0 Å². The summed E-state index contributed by atoms with van der Waals surface area (Å²) in [5.41, 5.74) is 2.85. The average molecular weight is 398 g/mol. The summed E-state index contributed by atoms with van der Waals surface area (Å²) in [6.07, 6.45) is 7.94. The van der Waals surface area contributed by atoms with Crippen LogP contribution in [0.25, 0.3) is 5.70 Å². The molecule has 2 aromatic rings. The van der Waals surface area contributed by atoms with Gasteiger partial charge in [0.15, 0.2) is 5.82 Å². The summed E-state index contributed by atoms with van der Waals surface area (Å²) >= 11 is 6.07. The first-order valence-corrected chi connectivity index (χ1v) is 8.88. The molecule has 0 atom stereocenters. The summed E-state index contributed by atoms with van der Waals surface area (Å²) in [4.78, 5) is 18.5. The minimum Gasteiger partial charge on any atom is -0.495 e. The van der Waals surface area contributed by atoms with Crippen LogP contribution in [-0.2, 0) is 0 Å². The largest absolute Gasteiger partial charge is 0.495 e. The molecule has 0 fully saturated rings. The minimum absolute atomic E-state index is 0.334. The number of amides is 1. The van der Waals surface area contributed by atoms with E-state index in [0.29, 0.717) is 33.5 Å². The smallest absolute Gasteiger partial charge is 0.256 e. The van der Waals surface area contributed by atoms with Crippen molar-refractivity contribution in [1.82, 2.24) is 15.1 Å². The van der Waals surface area contributed by atoms with E-state index in [2.05, 4.69) is 33.3 Å². The molecule has 1 aromatic carbocycles. The standard InChI is InChI=1S/C20H20ClN5O2/c1-13-6-8-26(9-7-13)12-17(22-2)16-11-19(25-24-16)23-20(27)14-4-5-18(28-3)15(21)10-14/h4-8,10-12H,2,9H2,1,3H3,(H2,23,24,25,27)/b17-12-. The van der Waals surface area contributed by atoms with Gasteiger partial charge < -0.3 is 15.0 Å². The number of hydrogen-bond acceptors (Lipinski definition) is 5. The first-order chi connectivity index (χ1) is 13.5. The lowest BCUT2D eigenvalue weighted by Gasteiger charge is -2.17. The van der Waals surface area contributed by atoms with E-state index in [4.69, 9.17) is 16.3 Å². The number of carbonyl (C=O) groups excluding carboxylic acids is 1. The van der Waals surface area contributed by atoms with Gasteiger partial charge in [0.25, 0.3) is 5.91 Å². The van der Waals surface area contributed by atoms with Gasteiger partial charge in [0.05, 0.1) is 17.8 Å². The third kappa shape index (κ3) is 4.50. The highest BCUT2D eigenvalue weighted by Gasteiger charge is 2.13. The molecule has 0 unspecified atom stereocenters. The molecular formula is C20H20ClN5O2. The Morgan fingerprint density at radius 1 is 1.46 bits per heavy atom. The average Bonchev–Trinajstić information content (AvgIpc) is 3.15. The van der Waals surface area contributed by atoms with Crippen molar-refractivity contribution in [2.45, 2.75) is 6.92 Å². The van der Waals surface area contributed by atoms with Crippen molar-refractivity contribution < 1.29 is 9.53 Å². The normalized spacial score (nSPS) is 13.9. The number of benzene rings is 1.